The SMILES string of the molecule is Cc1c(Cl)cccc1NS(=O)(=O)c1cnn(-c2ccccn2)c1. The molecule has 1 N–H and O–H groups in total. The summed E-state index contributed by atoms with van der Waals surface area (Å²) in [5.41, 5.74) is 1.10. The standard InChI is InChI=1S/C15H13ClN4O2S/c1-11-13(16)5-4-6-14(11)19-23(21,22)12-9-18-20(10-12)15-7-2-3-8-17-15/h2-10,19H,1H3. The van der Waals surface area contributed by atoms with E-state index >= 15 is 0 Å². The van der Waals surface area contributed by atoms with E-state index in [1.807, 2.05) is 0 Å². The van der Waals surface area contributed by atoms with Crippen molar-refractivity contribution in [1.29, 1.82) is 0 Å². The minimum absolute atomic E-state index is 0.0440. The average molecular weight is 349 g/mol. The number of hydrogen-bond donors (Lipinski definition) is 1. The van der Waals surface area contributed by atoms with Gasteiger partial charge in [-0.05, 0) is 36.8 Å². The van der Waals surface area contributed by atoms with E-state index in [2.05, 4.69) is 14.8 Å². The molecule has 1 aromatic carbocycles. The number of benzene rings is 1. The molecule has 0 aliphatic heterocycles. The zero-order valence-corrected chi connectivity index (χ0v) is 13.7. The number of rotatable bonds is 4. The Morgan fingerprint density at radius 3 is 2.74 bits per heavy atom. The molecule has 0 saturated carbocycles. The molecule has 0 aliphatic rings. The maximum Gasteiger partial charge on any atom is 0.265 e. The molecule has 23 heavy (non-hydrogen) atoms. The number of hydrogen-bond acceptors (Lipinski definition) is 4. The summed E-state index contributed by atoms with van der Waals surface area (Å²) in [6.45, 7) is 1.75. The number of pyridine rings is 1. The first-order chi connectivity index (χ1) is 11.0. The highest BCUT2D eigenvalue weighted by atomic mass is 35.5. The van der Waals surface area contributed by atoms with Gasteiger partial charge in [0.2, 0.25) is 0 Å². The van der Waals surface area contributed by atoms with Crippen molar-refractivity contribution in [1.82, 2.24) is 14.8 Å². The van der Waals surface area contributed by atoms with Crippen LogP contribution in [0.4, 0.5) is 5.69 Å². The van der Waals surface area contributed by atoms with Crippen LogP contribution in [-0.4, -0.2) is 23.2 Å². The van der Waals surface area contributed by atoms with Crippen LogP contribution in [0.3, 0.4) is 0 Å². The third-order valence-electron chi connectivity index (χ3n) is 3.27. The van der Waals surface area contributed by atoms with Gasteiger partial charge in [-0.2, -0.15) is 5.10 Å². The van der Waals surface area contributed by atoms with Crippen molar-refractivity contribution in [3.05, 3.63) is 65.6 Å². The molecule has 0 atom stereocenters. The number of halogens is 1. The van der Waals surface area contributed by atoms with Crippen LogP contribution in [0.1, 0.15) is 5.56 Å². The summed E-state index contributed by atoms with van der Waals surface area (Å²) in [5, 5.41) is 4.54. The van der Waals surface area contributed by atoms with Crippen LogP contribution in [0.5, 0.6) is 0 Å². The Morgan fingerprint density at radius 1 is 1.17 bits per heavy atom. The zero-order chi connectivity index (χ0) is 16.4. The van der Waals surface area contributed by atoms with E-state index in [0.717, 1.165) is 0 Å². The first kappa shape index (κ1) is 15.5. The highest BCUT2D eigenvalue weighted by molar-refractivity contribution is 7.92. The van der Waals surface area contributed by atoms with Gasteiger partial charge in [0.25, 0.3) is 10.0 Å². The van der Waals surface area contributed by atoms with Crippen LogP contribution < -0.4 is 4.72 Å². The van der Waals surface area contributed by atoms with Crippen LogP contribution in [0.25, 0.3) is 5.82 Å². The molecule has 0 unspecified atom stereocenters. The second kappa shape index (κ2) is 6.02. The van der Waals surface area contributed by atoms with Crippen molar-refractivity contribution in [2.75, 3.05) is 4.72 Å². The van der Waals surface area contributed by atoms with Crippen molar-refractivity contribution in [3.8, 4) is 5.82 Å². The Balaban J connectivity index is 1.92. The first-order valence-corrected chi connectivity index (χ1v) is 8.57. The molecular weight excluding hydrogens is 336 g/mol. The smallest absolute Gasteiger partial charge is 0.265 e. The third-order valence-corrected chi connectivity index (χ3v) is 4.99. The Morgan fingerprint density at radius 2 is 2.00 bits per heavy atom. The summed E-state index contributed by atoms with van der Waals surface area (Å²) < 4.78 is 28.9. The van der Waals surface area contributed by atoms with E-state index in [-0.39, 0.29) is 4.90 Å². The molecule has 0 fully saturated rings. The second-order valence-corrected chi connectivity index (χ2v) is 6.92. The molecule has 0 saturated heterocycles. The van der Waals surface area contributed by atoms with Crippen LogP contribution in [-0.2, 0) is 10.0 Å². The van der Waals surface area contributed by atoms with Gasteiger partial charge in [0, 0.05) is 11.2 Å². The van der Waals surface area contributed by atoms with Crippen LogP contribution in [0.15, 0.2) is 59.9 Å². The Labute approximate surface area is 138 Å². The molecule has 118 valence electrons. The van der Waals surface area contributed by atoms with Crippen LogP contribution in [0, 0.1) is 6.92 Å². The van der Waals surface area contributed by atoms with E-state index < -0.39 is 10.0 Å². The van der Waals surface area contributed by atoms with Gasteiger partial charge in [-0.1, -0.05) is 23.7 Å². The van der Waals surface area contributed by atoms with E-state index in [9.17, 15) is 8.42 Å². The Bertz CT molecular complexity index is 939. The molecule has 2 heterocycles. The van der Waals surface area contributed by atoms with Gasteiger partial charge in [0.1, 0.15) is 4.90 Å². The number of anilines is 1. The van der Waals surface area contributed by atoms with Gasteiger partial charge in [-0.15, -0.1) is 0 Å². The molecule has 0 spiro atoms. The minimum atomic E-state index is -3.76. The Kier molecular flexibility index (Phi) is 4.06. The zero-order valence-electron chi connectivity index (χ0n) is 12.1. The number of nitrogens with one attached hydrogen (secondary N) is 1. The maximum atomic E-state index is 12.5. The molecule has 0 radical (unpaired) electrons. The molecule has 3 aromatic rings. The summed E-state index contributed by atoms with van der Waals surface area (Å²) >= 11 is 6.01. The summed E-state index contributed by atoms with van der Waals surface area (Å²) in [5.74, 6) is 0.535. The molecule has 0 amide bonds. The van der Waals surface area contributed by atoms with E-state index in [4.69, 9.17) is 11.6 Å². The van der Waals surface area contributed by atoms with Crippen LogP contribution >= 0.6 is 11.6 Å². The van der Waals surface area contributed by atoms with Gasteiger partial charge in [0.15, 0.2) is 5.82 Å². The third kappa shape index (κ3) is 3.20. The van der Waals surface area contributed by atoms with E-state index in [1.54, 1.807) is 49.5 Å². The van der Waals surface area contributed by atoms with Crippen molar-refractivity contribution in [2.45, 2.75) is 11.8 Å². The lowest BCUT2D eigenvalue weighted by Gasteiger charge is -2.10. The predicted molar refractivity (Wildman–Crippen MR) is 88.4 cm³/mol. The van der Waals surface area contributed by atoms with Crippen molar-refractivity contribution >= 4 is 27.3 Å². The predicted octanol–water partition coefficient (Wildman–Crippen LogP) is 3.03. The van der Waals surface area contributed by atoms with E-state index in [1.165, 1.54) is 17.1 Å². The molecule has 0 aliphatic carbocycles. The van der Waals surface area contributed by atoms with Gasteiger partial charge in [-0.25, -0.2) is 18.1 Å². The molecule has 6 nitrogen and oxygen atoms in total. The van der Waals surface area contributed by atoms with Gasteiger partial charge >= 0.3 is 0 Å². The topological polar surface area (TPSA) is 76.9 Å². The van der Waals surface area contributed by atoms with Crippen LogP contribution in [0.2, 0.25) is 5.02 Å². The summed E-state index contributed by atoms with van der Waals surface area (Å²) in [7, 11) is -3.76. The second-order valence-electron chi connectivity index (χ2n) is 4.83. The maximum absolute atomic E-state index is 12.5. The largest absolute Gasteiger partial charge is 0.279 e. The monoisotopic (exact) mass is 348 g/mol. The summed E-state index contributed by atoms with van der Waals surface area (Å²) in [6, 6.07) is 10.3. The summed E-state index contributed by atoms with van der Waals surface area (Å²) in [6.07, 6.45) is 4.29. The minimum Gasteiger partial charge on any atom is -0.279 e. The van der Waals surface area contributed by atoms with Gasteiger partial charge in [-0.3, -0.25) is 4.72 Å². The lowest BCUT2D eigenvalue weighted by molar-refractivity contribution is 0.601. The van der Waals surface area contributed by atoms with Crippen molar-refractivity contribution < 1.29 is 8.42 Å². The number of sulfonamides is 1. The normalized spacial score (nSPS) is 11.4. The van der Waals surface area contributed by atoms with Crippen molar-refractivity contribution in [2.24, 2.45) is 0 Å². The Hall–Kier alpha value is -2.38. The number of aromatic nitrogens is 3. The lowest BCUT2D eigenvalue weighted by atomic mass is 10.2. The fraction of sp³-hybridized carbons (Fsp3) is 0.0667. The van der Waals surface area contributed by atoms with Crippen molar-refractivity contribution in [3.63, 3.8) is 0 Å². The van der Waals surface area contributed by atoms with E-state index in [0.29, 0.717) is 22.1 Å². The molecular formula is C15H13ClN4O2S. The summed E-state index contributed by atoms with van der Waals surface area (Å²) in [4.78, 5) is 4.17. The highest BCUT2D eigenvalue weighted by Gasteiger charge is 2.18. The number of nitrogens with zero attached hydrogens (tertiary/aromatic N) is 3. The lowest BCUT2D eigenvalue weighted by Crippen LogP contribution is -2.13. The quantitative estimate of drug-likeness (QED) is 0.786. The van der Waals surface area contributed by atoms with Gasteiger partial charge in [0.05, 0.1) is 18.1 Å². The fourth-order valence-electron chi connectivity index (χ4n) is 1.98. The first-order valence-electron chi connectivity index (χ1n) is 6.71. The molecule has 2 aromatic heterocycles. The average Bonchev–Trinajstić information content (AvgIpc) is 3.03. The molecule has 8 heteroatoms. The highest BCUT2D eigenvalue weighted by Crippen LogP contribution is 2.25. The fourth-order valence-corrected chi connectivity index (χ4v) is 3.21. The molecule has 0 bridgehead atoms. The van der Waals surface area contributed by atoms with Gasteiger partial charge < -0.3 is 0 Å². The molecule has 3 rings (SSSR count).